The molecule has 1 aromatic heterocycles. The summed E-state index contributed by atoms with van der Waals surface area (Å²) in [5.41, 5.74) is 1.88. The second kappa shape index (κ2) is 5.91. The zero-order chi connectivity index (χ0) is 11.3. The van der Waals surface area contributed by atoms with Gasteiger partial charge in [0.25, 0.3) is 0 Å². The van der Waals surface area contributed by atoms with Crippen LogP contribution >= 0.6 is 11.6 Å². The molecule has 3 nitrogen and oxygen atoms in total. The van der Waals surface area contributed by atoms with Crippen molar-refractivity contribution in [2.45, 2.75) is 27.2 Å². The van der Waals surface area contributed by atoms with Gasteiger partial charge in [0.2, 0.25) is 0 Å². The lowest BCUT2D eigenvalue weighted by atomic mass is 10.1. The first kappa shape index (κ1) is 12.2. The van der Waals surface area contributed by atoms with E-state index in [1.807, 2.05) is 13.8 Å². The van der Waals surface area contributed by atoms with Gasteiger partial charge in [0.15, 0.2) is 0 Å². The highest BCUT2D eigenvalue weighted by molar-refractivity contribution is 6.17. The molecule has 0 amide bonds. The van der Waals surface area contributed by atoms with Crippen LogP contribution in [-0.4, -0.2) is 22.4 Å². The predicted octanol–water partition coefficient (Wildman–Crippen LogP) is 2.77. The van der Waals surface area contributed by atoms with Crippen molar-refractivity contribution in [1.82, 2.24) is 9.97 Å². The highest BCUT2D eigenvalue weighted by Crippen LogP contribution is 2.10. The standard InChI is InChI=1S/C11H18ClN3/c1-8(4-5-12)6-14-11-10(3)13-7-9(2)15-11/h7-8H,4-6H2,1-3H3,(H,14,15). The third kappa shape index (κ3) is 4.04. The normalized spacial score (nSPS) is 12.5. The maximum absolute atomic E-state index is 5.68. The maximum Gasteiger partial charge on any atom is 0.147 e. The van der Waals surface area contributed by atoms with Crippen LogP contribution in [0.1, 0.15) is 24.7 Å². The molecule has 1 heterocycles. The molecule has 0 aromatic carbocycles. The summed E-state index contributed by atoms with van der Waals surface area (Å²) in [7, 11) is 0. The van der Waals surface area contributed by atoms with Crippen molar-refractivity contribution in [2.75, 3.05) is 17.7 Å². The quantitative estimate of drug-likeness (QED) is 0.787. The minimum atomic E-state index is 0.559. The lowest BCUT2D eigenvalue weighted by Gasteiger charge is -2.12. The smallest absolute Gasteiger partial charge is 0.147 e. The van der Waals surface area contributed by atoms with Crippen LogP contribution in [0.5, 0.6) is 0 Å². The molecule has 1 N–H and O–H groups in total. The third-order valence-corrected chi connectivity index (χ3v) is 2.51. The fraction of sp³-hybridized carbons (Fsp3) is 0.636. The van der Waals surface area contributed by atoms with E-state index in [1.165, 1.54) is 0 Å². The third-order valence-electron chi connectivity index (χ3n) is 2.30. The Bertz CT molecular complexity index is 315. The molecule has 84 valence electrons. The monoisotopic (exact) mass is 227 g/mol. The Hall–Kier alpha value is -0.830. The van der Waals surface area contributed by atoms with E-state index in [2.05, 4.69) is 22.2 Å². The minimum Gasteiger partial charge on any atom is -0.368 e. The highest BCUT2D eigenvalue weighted by atomic mass is 35.5. The molecule has 0 bridgehead atoms. The fourth-order valence-corrected chi connectivity index (χ4v) is 1.64. The second-order valence-corrected chi connectivity index (χ2v) is 4.29. The average molecular weight is 228 g/mol. The number of anilines is 1. The molecule has 1 aromatic rings. The molecule has 0 saturated heterocycles. The van der Waals surface area contributed by atoms with Crippen molar-refractivity contribution in [3.05, 3.63) is 17.6 Å². The Morgan fingerprint density at radius 1 is 1.47 bits per heavy atom. The highest BCUT2D eigenvalue weighted by Gasteiger charge is 2.04. The summed E-state index contributed by atoms with van der Waals surface area (Å²) in [6.45, 7) is 6.97. The Labute approximate surface area is 96.3 Å². The van der Waals surface area contributed by atoms with Crippen LogP contribution in [0, 0.1) is 19.8 Å². The van der Waals surface area contributed by atoms with Gasteiger partial charge in [-0.15, -0.1) is 11.6 Å². The maximum atomic E-state index is 5.68. The first-order valence-corrected chi connectivity index (χ1v) is 5.77. The first-order chi connectivity index (χ1) is 7.13. The topological polar surface area (TPSA) is 37.8 Å². The fourth-order valence-electron chi connectivity index (χ4n) is 1.26. The second-order valence-electron chi connectivity index (χ2n) is 3.91. The van der Waals surface area contributed by atoms with Gasteiger partial charge in [0.1, 0.15) is 5.82 Å². The van der Waals surface area contributed by atoms with Crippen LogP contribution in [0.15, 0.2) is 6.20 Å². The molecule has 0 saturated carbocycles. The number of hydrogen-bond acceptors (Lipinski definition) is 3. The molecule has 0 aliphatic carbocycles. The van der Waals surface area contributed by atoms with Gasteiger partial charge in [-0.05, 0) is 26.2 Å². The first-order valence-electron chi connectivity index (χ1n) is 5.23. The van der Waals surface area contributed by atoms with Crippen molar-refractivity contribution >= 4 is 17.4 Å². The van der Waals surface area contributed by atoms with Crippen LogP contribution in [-0.2, 0) is 0 Å². The summed E-state index contributed by atoms with van der Waals surface area (Å²) in [5.74, 6) is 2.15. The van der Waals surface area contributed by atoms with E-state index in [0.717, 1.165) is 30.2 Å². The minimum absolute atomic E-state index is 0.559. The zero-order valence-corrected chi connectivity index (χ0v) is 10.3. The van der Waals surface area contributed by atoms with Crippen molar-refractivity contribution < 1.29 is 0 Å². The molecule has 0 spiro atoms. The molecule has 15 heavy (non-hydrogen) atoms. The lowest BCUT2D eigenvalue weighted by molar-refractivity contribution is 0.595. The van der Waals surface area contributed by atoms with E-state index in [1.54, 1.807) is 6.20 Å². The molecule has 0 radical (unpaired) electrons. The van der Waals surface area contributed by atoms with E-state index in [4.69, 9.17) is 11.6 Å². The molecular formula is C11H18ClN3. The largest absolute Gasteiger partial charge is 0.368 e. The molecule has 1 unspecified atom stereocenters. The number of rotatable bonds is 5. The van der Waals surface area contributed by atoms with Gasteiger partial charge in [-0.1, -0.05) is 6.92 Å². The van der Waals surface area contributed by atoms with Crippen LogP contribution in [0.4, 0.5) is 5.82 Å². The van der Waals surface area contributed by atoms with E-state index in [0.29, 0.717) is 11.8 Å². The van der Waals surface area contributed by atoms with Crippen molar-refractivity contribution in [3.8, 4) is 0 Å². The van der Waals surface area contributed by atoms with Gasteiger partial charge < -0.3 is 5.32 Å². The Morgan fingerprint density at radius 2 is 2.20 bits per heavy atom. The summed E-state index contributed by atoms with van der Waals surface area (Å²) in [4.78, 5) is 8.65. The van der Waals surface area contributed by atoms with Crippen LogP contribution in [0.2, 0.25) is 0 Å². The number of aromatic nitrogens is 2. The van der Waals surface area contributed by atoms with E-state index < -0.39 is 0 Å². The molecule has 0 aliphatic heterocycles. The Kier molecular flexibility index (Phi) is 4.82. The van der Waals surface area contributed by atoms with Gasteiger partial charge in [-0.3, -0.25) is 4.98 Å². The number of nitrogens with zero attached hydrogens (tertiary/aromatic N) is 2. The molecular weight excluding hydrogens is 210 g/mol. The summed E-state index contributed by atoms with van der Waals surface area (Å²) in [6.07, 6.45) is 2.80. The van der Waals surface area contributed by atoms with Gasteiger partial charge in [-0.2, -0.15) is 0 Å². The van der Waals surface area contributed by atoms with Crippen molar-refractivity contribution in [1.29, 1.82) is 0 Å². The van der Waals surface area contributed by atoms with Crippen LogP contribution in [0.3, 0.4) is 0 Å². The lowest BCUT2D eigenvalue weighted by Crippen LogP contribution is -2.14. The summed E-state index contributed by atoms with van der Waals surface area (Å²) in [6, 6.07) is 0. The van der Waals surface area contributed by atoms with Gasteiger partial charge >= 0.3 is 0 Å². The number of nitrogens with one attached hydrogen (secondary N) is 1. The van der Waals surface area contributed by atoms with Gasteiger partial charge in [0.05, 0.1) is 11.4 Å². The Balaban J connectivity index is 2.53. The molecule has 0 aliphatic rings. The average Bonchev–Trinajstić information content (AvgIpc) is 2.20. The molecule has 1 atom stereocenters. The van der Waals surface area contributed by atoms with Gasteiger partial charge in [0, 0.05) is 18.6 Å². The molecule has 0 fully saturated rings. The SMILES string of the molecule is Cc1cnc(C)c(NCC(C)CCCl)n1. The van der Waals surface area contributed by atoms with Crippen LogP contribution < -0.4 is 5.32 Å². The number of aryl methyl sites for hydroxylation is 2. The summed E-state index contributed by atoms with van der Waals surface area (Å²) < 4.78 is 0. The summed E-state index contributed by atoms with van der Waals surface area (Å²) >= 11 is 5.68. The zero-order valence-electron chi connectivity index (χ0n) is 9.55. The van der Waals surface area contributed by atoms with Crippen molar-refractivity contribution in [3.63, 3.8) is 0 Å². The summed E-state index contributed by atoms with van der Waals surface area (Å²) in [5, 5.41) is 3.31. The van der Waals surface area contributed by atoms with Gasteiger partial charge in [-0.25, -0.2) is 4.98 Å². The number of halogens is 1. The molecule has 1 rings (SSSR count). The van der Waals surface area contributed by atoms with E-state index >= 15 is 0 Å². The number of alkyl halides is 1. The number of hydrogen-bond donors (Lipinski definition) is 1. The van der Waals surface area contributed by atoms with E-state index in [-0.39, 0.29) is 0 Å². The van der Waals surface area contributed by atoms with Crippen molar-refractivity contribution in [2.24, 2.45) is 5.92 Å². The Morgan fingerprint density at radius 3 is 2.87 bits per heavy atom. The van der Waals surface area contributed by atoms with Crippen LogP contribution in [0.25, 0.3) is 0 Å². The predicted molar refractivity (Wildman–Crippen MR) is 64.5 cm³/mol. The molecule has 4 heteroatoms. The van der Waals surface area contributed by atoms with E-state index in [9.17, 15) is 0 Å².